The van der Waals surface area contributed by atoms with Crippen molar-refractivity contribution >= 4 is 11.8 Å². The zero-order valence-corrected chi connectivity index (χ0v) is 15.7. The third-order valence-corrected chi connectivity index (χ3v) is 4.82. The van der Waals surface area contributed by atoms with E-state index in [0.29, 0.717) is 30.3 Å². The maximum atomic E-state index is 12.8. The minimum atomic E-state index is -0.105. The molecule has 6 nitrogen and oxygen atoms in total. The Morgan fingerprint density at radius 3 is 2.68 bits per heavy atom. The first-order valence-electron chi connectivity index (χ1n) is 9.12. The van der Waals surface area contributed by atoms with Gasteiger partial charge in [-0.15, -0.1) is 0 Å². The van der Waals surface area contributed by atoms with Gasteiger partial charge in [0.2, 0.25) is 5.91 Å². The molecule has 2 atom stereocenters. The lowest BCUT2D eigenvalue weighted by Crippen LogP contribution is -2.42. The number of carbonyl (C=O) groups is 2. The molecule has 0 saturated carbocycles. The molecule has 0 bridgehead atoms. The molecule has 0 aromatic carbocycles. The number of amides is 2. The Labute approximate surface area is 149 Å². The van der Waals surface area contributed by atoms with Crippen LogP contribution >= 0.6 is 0 Å². The van der Waals surface area contributed by atoms with E-state index in [9.17, 15) is 9.59 Å². The quantitative estimate of drug-likeness (QED) is 0.782. The van der Waals surface area contributed by atoms with Crippen molar-refractivity contribution in [3.63, 3.8) is 0 Å². The van der Waals surface area contributed by atoms with E-state index in [1.807, 2.05) is 6.92 Å². The summed E-state index contributed by atoms with van der Waals surface area (Å²) in [6, 6.07) is 1.80. The lowest BCUT2D eigenvalue weighted by Gasteiger charge is -2.26. The highest BCUT2D eigenvalue weighted by molar-refractivity contribution is 5.95. The molecule has 1 aromatic heterocycles. The van der Waals surface area contributed by atoms with Crippen LogP contribution < -0.4 is 5.32 Å². The number of furan rings is 1. The molecular weight excluding hydrogens is 320 g/mol. The highest BCUT2D eigenvalue weighted by atomic mass is 16.5. The summed E-state index contributed by atoms with van der Waals surface area (Å²) in [7, 11) is 0. The molecule has 2 amide bonds. The minimum absolute atomic E-state index is 0.0322. The third-order valence-electron chi connectivity index (χ3n) is 4.82. The van der Waals surface area contributed by atoms with Crippen LogP contribution in [0.15, 0.2) is 16.7 Å². The van der Waals surface area contributed by atoms with E-state index in [4.69, 9.17) is 9.15 Å². The Morgan fingerprint density at radius 2 is 2.12 bits per heavy atom. The fraction of sp³-hybridized carbons (Fsp3) is 0.684. The summed E-state index contributed by atoms with van der Waals surface area (Å²) in [5.41, 5.74) is 0.550. The van der Waals surface area contributed by atoms with Gasteiger partial charge in [0, 0.05) is 32.2 Å². The van der Waals surface area contributed by atoms with Crippen molar-refractivity contribution < 1.29 is 18.7 Å². The Bertz CT molecular complexity index is 576. The van der Waals surface area contributed by atoms with Crippen LogP contribution in [0.1, 0.15) is 56.2 Å². The van der Waals surface area contributed by atoms with Gasteiger partial charge >= 0.3 is 0 Å². The number of hydrogen-bond donors (Lipinski definition) is 1. The molecule has 140 valence electrons. The van der Waals surface area contributed by atoms with Crippen molar-refractivity contribution in [2.45, 2.75) is 59.1 Å². The molecule has 1 aliphatic rings. The molecule has 1 saturated heterocycles. The highest BCUT2D eigenvalue weighted by Gasteiger charge is 2.25. The zero-order chi connectivity index (χ0) is 18.4. The molecule has 1 aliphatic heterocycles. The van der Waals surface area contributed by atoms with Gasteiger partial charge < -0.3 is 19.4 Å². The molecule has 6 heteroatoms. The third kappa shape index (κ3) is 5.59. The van der Waals surface area contributed by atoms with Gasteiger partial charge in [-0.3, -0.25) is 9.59 Å². The smallest absolute Gasteiger partial charge is 0.257 e. The Morgan fingerprint density at radius 1 is 1.36 bits per heavy atom. The van der Waals surface area contributed by atoms with Crippen LogP contribution in [-0.4, -0.2) is 48.6 Å². The van der Waals surface area contributed by atoms with Gasteiger partial charge in [-0.1, -0.05) is 13.8 Å². The molecule has 0 unspecified atom stereocenters. The van der Waals surface area contributed by atoms with Gasteiger partial charge in [0.15, 0.2) is 0 Å². The topological polar surface area (TPSA) is 71.8 Å². The van der Waals surface area contributed by atoms with E-state index < -0.39 is 0 Å². The van der Waals surface area contributed by atoms with E-state index in [2.05, 4.69) is 19.2 Å². The molecule has 0 aliphatic carbocycles. The average Bonchev–Trinajstić information content (AvgIpc) is 3.22. The standard InChI is InChI=1S/C19H30N2O4/c1-13(2)14(3)20-18(22)7-9-21(12-16-6-5-10-25-16)19(23)17-8-11-24-15(17)4/h8,11,13-14,16H,5-7,9-10,12H2,1-4H3,(H,20,22)/t14-,16+/m0/s1. The van der Waals surface area contributed by atoms with Crippen LogP contribution in [0.2, 0.25) is 0 Å². The molecule has 25 heavy (non-hydrogen) atoms. The number of aryl methyl sites for hydroxylation is 1. The molecule has 1 N–H and O–H groups in total. The predicted octanol–water partition coefficient (Wildman–Crippen LogP) is 2.76. The van der Waals surface area contributed by atoms with E-state index in [1.54, 1.807) is 17.9 Å². The van der Waals surface area contributed by atoms with Crippen LogP contribution in [0, 0.1) is 12.8 Å². The first-order valence-corrected chi connectivity index (χ1v) is 9.12. The summed E-state index contributed by atoms with van der Waals surface area (Å²) in [5, 5.41) is 2.99. The largest absolute Gasteiger partial charge is 0.469 e. The zero-order valence-electron chi connectivity index (χ0n) is 15.7. The Balaban J connectivity index is 1.97. The average molecular weight is 350 g/mol. The maximum absolute atomic E-state index is 12.8. The number of rotatable bonds is 8. The monoisotopic (exact) mass is 350 g/mol. The normalized spacial score (nSPS) is 18.4. The van der Waals surface area contributed by atoms with Crippen LogP contribution in [0.5, 0.6) is 0 Å². The highest BCUT2D eigenvalue weighted by Crippen LogP contribution is 2.17. The first-order chi connectivity index (χ1) is 11.9. The summed E-state index contributed by atoms with van der Waals surface area (Å²) < 4.78 is 10.9. The van der Waals surface area contributed by atoms with E-state index >= 15 is 0 Å². The fourth-order valence-corrected chi connectivity index (χ4v) is 2.82. The van der Waals surface area contributed by atoms with Gasteiger partial charge in [0.05, 0.1) is 17.9 Å². The minimum Gasteiger partial charge on any atom is -0.469 e. The summed E-state index contributed by atoms with van der Waals surface area (Å²) in [4.78, 5) is 26.7. The van der Waals surface area contributed by atoms with E-state index in [0.717, 1.165) is 19.4 Å². The number of nitrogens with zero attached hydrogens (tertiary/aromatic N) is 1. The van der Waals surface area contributed by atoms with Crippen LogP contribution in [0.4, 0.5) is 0 Å². The van der Waals surface area contributed by atoms with Crippen molar-refractivity contribution in [2.24, 2.45) is 5.92 Å². The first kappa shape index (κ1) is 19.5. The maximum Gasteiger partial charge on any atom is 0.257 e. The molecule has 1 fully saturated rings. The fourth-order valence-electron chi connectivity index (χ4n) is 2.82. The van der Waals surface area contributed by atoms with Crippen molar-refractivity contribution in [2.75, 3.05) is 19.7 Å². The number of nitrogens with one attached hydrogen (secondary N) is 1. The van der Waals surface area contributed by atoms with Crippen molar-refractivity contribution in [1.82, 2.24) is 10.2 Å². The SMILES string of the molecule is Cc1occc1C(=O)N(CCC(=O)N[C@@H](C)C(C)C)C[C@H]1CCCO1. The molecule has 0 radical (unpaired) electrons. The van der Waals surface area contributed by atoms with Crippen molar-refractivity contribution in [3.05, 3.63) is 23.7 Å². The Hall–Kier alpha value is -1.82. The second-order valence-electron chi connectivity index (χ2n) is 7.13. The van der Waals surface area contributed by atoms with Crippen molar-refractivity contribution in [1.29, 1.82) is 0 Å². The number of carbonyl (C=O) groups excluding carboxylic acids is 2. The van der Waals surface area contributed by atoms with Gasteiger partial charge in [0.1, 0.15) is 5.76 Å². The van der Waals surface area contributed by atoms with Gasteiger partial charge in [-0.05, 0) is 38.7 Å². The van der Waals surface area contributed by atoms with E-state index in [1.165, 1.54) is 6.26 Å². The van der Waals surface area contributed by atoms with Crippen LogP contribution in [0.3, 0.4) is 0 Å². The van der Waals surface area contributed by atoms with E-state index in [-0.39, 0.29) is 30.4 Å². The molecule has 0 spiro atoms. The van der Waals surface area contributed by atoms with Gasteiger partial charge in [-0.25, -0.2) is 0 Å². The lowest BCUT2D eigenvalue weighted by molar-refractivity contribution is -0.122. The van der Waals surface area contributed by atoms with Crippen molar-refractivity contribution in [3.8, 4) is 0 Å². The van der Waals surface area contributed by atoms with Crippen LogP contribution in [-0.2, 0) is 9.53 Å². The van der Waals surface area contributed by atoms with Gasteiger partial charge in [-0.2, -0.15) is 0 Å². The number of hydrogen-bond acceptors (Lipinski definition) is 4. The summed E-state index contributed by atoms with van der Waals surface area (Å²) in [6.07, 6.45) is 3.82. The van der Waals surface area contributed by atoms with Crippen LogP contribution in [0.25, 0.3) is 0 Å². The number of ether oxygens (including phenoxy) is 1. The molecular formula is C19H30N2O4. The summed E-state index contributed by atoms with van der Waals surface area (Å²) in [6.45, 7) is 9.53. The Kier molecular flexibility index (Phi) is 7.05. The molecule has 2 heterocycles. The summed E-state index contributed by atoms with van der Waals surface area (Å²) >= 11 is 0. The van der Waals surface area contributed by atoms with Gasteiger partial charge in [0.25, 0.3) is 5.91 Å². The molecule has 1 aromatic rings. The predicted molar refractivity (Wildman–Crippen MR) is 95.4 cm³/mol. The lowest BCUT2D eigenvalue weighted by atomic mass is 10.1. The second kappa shape index (κ2) is 9.04. The second-order valence-corrected chi connectivity index (χ2v) is 7.13. The summed E-state index contributed by atoms with van der Waals surface area (Å²) in [5.74, 6) is 0.837. The molecule has 2 rings (SSSR count).